The van der Waals surface area contributed by atoms with E-state index in [4.69, 9.17) is 16.3 Å². The number of nitrogens with one attached hydrogen (secondary N) is 1. The van der Waals surface area contributed by atoms with Crippen LogP contribution in [0.25, 0.3) is 0 Å². The Bertz CT molecular complexity index is 368. The lowest BCUT2D eigenvalue weighted by molar-refractivity contribution is 0.146. The molecule has 0 spiro atoms. The van der Waals surface area contributed by atoms with E-state index in [9.17, 15) is 0 Å². The number of rotatable bonds is 7. The zero-order chi connectivity index (χ0) is 13.5. The third-order valence-corrected chi connectivity index (χ3v) is 3.49. The Hall–Kier alpha value is -0.730. The summed E-state index contributed by atoms with van der Waals surface area (Å²) in [5, 5.41) is 4.07. The van der Waals surface area contributed by atoms with Gasteiger partial charge < -0.3 is 10.1 Å². The Balaban J connectivity index is 2.81. The lowest BCUT2D eigenvalue weighted by atomic mass is 10.0. The van der Waals surface area contributed by atoms with E-state index in [1.807, 2.05) is 32.2 Å². The number of ether oxygens (including phenoxy) is 1. The molecule has 2 atom stereocenters. The third-order valence-electron chi connectivity index (χ3n) is 3.25. The van der Waals surface area contributed by atoms with Crippen LogP contribution >= 0.6 is 11.6 Å². The molecule has 1 aromatic carbocycles. The topological polar surface area (TPSA) is 21.3 Å². The highest BCUT2D eigenvalue weighted by Crippen LogP contribution is 2.25. The van der Waals surface area contributed by atoms with E-state index in [0.29, 0.717) is 6.04 Å². The first-order chi connectivity index (χ1) is 8.62. The number of aryl methyl sites for hydroxylation is 1. The van der Waals surface area contributed by atoms with Gasteiger partial charge in [-0.3, -0.25) is 0 Å². The summed E-state index contributed by atoms with van der Waals surface area (Å²) >= 11 is 6.02. The molecular formula is C15H24ClNO. The predicted molar refractivity (Wildman–Crippen MR) is 78.7 cm³/mol. The first kappa shape index (κ1) is 15.3. The minimum Gasteiger partial charge on any atom is -0.488 e. The van der Waals surface area contributed by atoms with Gasteiger partial charge in [0.2, 0.25) is 0 Å². The van der Waals surface area contributed by atoms with Crippen molar-refractivity contribution in [3.05, 3.63) is 28.8 Å². The third kappa shape index (κ3) is 4.18. The van der Waals surface area contributed by atoms with Crippen LogP contribution in [0.5, 0.6) is 5.75 Å². The smallest absolute Gasteiger partial charge is 0.124 e. The molecule has 18 heavy (non-hydrogen) atoms. The molecule has 0 aliphatic heterocycles. The zero-order valence-electron chi connectivity index (χ0n) is 11.8. The van der Waals surface area contributed by atoms with Crippen LogP contribution in [0.1, 0.15) is 38.7 Å². The Morgan fingerprint density at radius 2 is 2.06 bits per heavy atom. The lowest BCUT2D eigenvalue weighted by Gasteiger charge is -2.27. The number of likely N-dealkylation sites (N-methyl/N-ethyl adjacent to an activating group) is 1. The van der Waals surface area contributed by atoms with Crippen LogP contribution in [0.15, 0.2) is 18.2 Å². The largest absolute Gasteiger partial charge is 0.488 e. The van der Waals surface area contributed by atoms with Gasteiger partial charge in [-0.2, -0.15) is 0 Å². The van der Waals surface area contributed by atoms with Gasteiger partial charge in [0.25, 0.3) is 0 Å². The maximum Gasteiger partial charge on any atom is 0.124 e. The predicted octanol–water partition coefficient (Wildman–Crippen LogP) is 4.19. The van der Waals surface area contributed by atoms with E-state index in [0.717, 1.165) is 35.6 Å². The first-order valence-corrected chi connectivity index (χ1v) is 7.10. The molecule has 0 aromatic heterocycles. The first-order valence-electron chi connectivity index (χ1n) is 6.72. The van der Waals surface area contributed by atoms with Crippen LogP contribution in [0.4, 0.5) is 0 Å². The quantitative estimate of drug-likeness (QED) is 0.801. The zero-order valence-corrected chi connectivity index (χ0v) is 12.6. The van der Waals surface area contributed by atoms with Gasteiger partial charge in [-0.05, 0) is 44.5 Å². The van der Waals surface area contributed by atoms with Gasteiger partial charge in [-0.1, -0.05) is 37.9 Å². The SMILES string of the molecule is CCCC(NC)C(CC)Oc1cc(Cl)ccc1C. The molecule has 0 saturated heterocycles. The molecule has 1 aromatic rings. The Morgan fingerprint density at radius 3 is 2.61 bits per heavy atom. The van der Waals surface area contributed by atoms with E-state index in [1.165, 1.54) is 0 Å². The lowest BCUT2D eigenvalue weighted by Crippen LogP contribution is -2.40. The molecule has 0 aliphatic carbocycles. The molecule has 0 saturated carbocycles. The minimum atomic E-state index is 0.187. The molecule has 0 bridgehead atoms. The average molecular weight is 270 g/mol. The summed E-state index contributed by atoms with van der Waals surface area (Å²) in [7, 11) is 2.00. The van der Waals surface area contributed by atoms with Crippen LogP contribution in [0.2, 0.25) is 5.02 Å². The van der Waals surface area contributed by atoms with Crippen molar-refractivity contribution >= 4 is 11.6 Å². The van der Waals surface area contributed by atoms with Crippen LogP contribution in [-0.4, -0.2) is 19.2 Å². The van der Waals surface area contributed by atoms with Crippen molar-refractivity contribution in [1.82, 2.24) is 5.32 Å². The fraction of sp³-hybridized carbons (Fsp3) is 0.600. The van der Waals surface area contributed by atoms with Crippen molar-refractivity contribution < 1.29 is 4.74 Å². The van der Waals surface area contributed by atoms with Crippen molar-refractivity contribution in [3.8, 4) is 5.75 Å². The maximum atomic E-state index is 6.13. The Morgan fingerprint density at radius 1 is 1.33 bits per heavy atom. The second kappa shape index (κ2) is 7.65. The summed E-state index contributed by atoms with van der Waals surface area (Å²) in [5.74, 6) is 0.894. The van der Waals surface area contributed by atoms with Crippen LogP contribution < -0.4 is 10.1 Å². The fourth-order valence-corrected chi connectivity index (χ4v) is 2.30. The molecule has 0 fully saturated rings. The molecule has 1 rings (SSSR count). The van der Waals surface area contributed by atoms with Gasteiger partial charge in [0.1, 0.15) is 11.9 Å². The summed E-state index contributed by atoms with van der Waals surface area (Å²) < 4.78 is 6.13. The van der Waals surface area contributed by atoms with E-state index < -0.39 is 0 Å². The molecule has 2 nitrogen and oxygen atoms in total. The summed E-state index contributed by atoms with van der Waals surface area (Å²) in [5.41, 5.74) is 1.13. The standard InChI is InChI=1S/C15H24ClNO/c1-5-7-13(17-4)14(6-2)18-15-10-12(16)9-8-11(15)3/h8-10,13-14,17H,5-7H2,1-4H3. The van der Waals surface area contributed by atoms with Crippen molar-refractivity contribution in [2.75, 3.05) is 7.05 Å². The average Bonchev–Trinajstić information content (AvgIpc) is 2.37. The summed E-state index contributed by atoms with van der Waals surface area (Å²) in [6.07, 6.45) is 3.44. The Kier molecular flexibility index (Phi) is 6.51. The number of hydrogen-bond acceptors (Lipinski definition) is 2. The van der Waals surface area contributed by atoms with Crippen LogP contribution in [-0.2, 0) is 0 Å². The van der Waals surface area contributed by atoms with Crippen LogP contribution in [0, 0.1) is 6.92 Å². The van der Waals surface area contributed by atoms with Gasteiger partial charge >= 0.3 is 0 Å². The highest BCUT2D eigenvalue weighted by Gasteiger charge is 2.20. The summed E-state index contributed by atoms with van der Waals surface area (Å²) in [6, 6.07) is 6.18. The van der Waals surface area contributed by atoms with Crippen LogP contribution in [0.3, 0.4) is 0 Å². The van der Waals surface area contributed by atoms with Gasteiger partial charge in [-0.25, -0.2) is 0 Å². The molecule has 3 heteroatoms. The summed E-state index contributed by atoms with van der Waals surface area (Å²) in [4.78, 5) is 0. The normalized spacial score (nSPS) is 14.3. The Labute approximate surface area is 116 Å². The van der Waals surface area contributed by atoms with Gasteiger partial charge in [0.15, 0.2) is 0 Å². The van der Waals surface area contributed by atoms with Gasteiger partial charge in [0, 0.05) is 11.1 Å². The molecule has 0 aliphatic rings. The molecule has 102 valence electrons. The minimum absolute atomic E-state index is 0.187. The number of benzene rings is 1. The fourth-order valence-electron chi connectivity index (χ4n) is 2.14. The van der Waals surface area contributed by atoms with Crippen molar-refractivity contribution in [2.45, 2.75) is 52.2 Å². The molecule has 2 unspecified atom stereocenters. The molecule has 0 radical (unpaired) electrons. The van der Waals surface area contributed by atoms with E-state index >= 15 is 0 Å². The number of hydrogen-bond donors (Lipinski definition) is 1. The highest BCUT2D eigenvalue weighted by atomic mass is 35.5. The van der Waals surface area contributed by atoms with Gasteiger partial charge in [0.05, 0.1) is 0 Å². The monoisotopic (exact) mass is 269 g/mol. The molecule has 1 N–H and O–H groups in total. The van der Waals surface area contributed by atoms with Crippen molar-refractivity contribution in [3.63, 3.8) is 0 Å². The molecule has 0 heterocycles. The van der Waals surface area contributed by atoms with Gasteiger partial charge in [-0.15, -0.1) is 0 Å². The van der Waals surface area contributed by atoms with E-state index in [2.05, 4.69) is 19.2 Å². The van der Waals surface area contributed by atoms with Crippen molar-refractivity contribution in [2.24, 2.45) is 0 Å². The second-order valence-electron chi connectivity index (χ2n) is 4.66. The molecule has 0 amide bonds. The molecular weight excluding hydrogens is 246 g/mol. The van der Waals surface area contributed by atoms with E-state index in [1.54, 1.807) is 0 Å². The highest BCUT2D eigenvalue weighted by molar-refractivity contribution is 6.30. The van der Waals surface area contributed by atoms with Crippen molar-refractivity contribution in [1.29, 1.82) is 0 Å². The second-order valence-corrected chi connectivity index (χ2v) is 5.09. The maximum absolute atomic E-state index is 6.13. The van der Waals surface area contributed by atoms with E-state index in [-0.39, 0.29) is 6.10 Å². The summed E-state index contributed by atoms with van der Waals surface area (Å²) in [6.45, 7) is 6.40. The number of halogens is 1.